The van der Waals surface area contributed by atoms with Gasteiger partial charge in [-0.05, 0) is 157 Å². The van der Waals surface area contributed by atoms with Gasteiger partial charge in [0.25, 0.3) is 0 Å². The van der Waals surface area contributed by atoms with Crippen molar-refractivity contribution in [3.05, 3.63) is 69.9 Å². The Hall–Kier alpha value is -2.62. The maximum atomic E-state index is 12.5. The molecule has 0 aliphatic heterocycles. The topological polar surface area (TPSA) is 52.6 Å². The van der Waals surface area contributed by atoms with Gasteiger partial charge in [-0.2, -0.15) is 0 Å². The van der Waals surface area contributed by atoms with Crippen LogP contribution in [0.4, 0.5) is 0 Å². The van der Waals surface area contributed by atoms with E-state index < -0.39 is 0 Å². The van der Waals surface area contributed by atoms with Crippen LogP contribution in [0.2, 0.25) is 0 Å². The molecule has 2 aliphatic rings. The Morgan fingerprint density at radius 2 is 1.02 bits per heavy atom. The maximum Gasteiger partial charge on any atom is 0.309 e. The minimum absolute atomic E-state index is 0.0128. The van der Waals surface area contributed by atoms with Crippen molar-refractivity contribution in [2.45, 2.75) is 157 Å². The van der Waals surface area contributed by atoms with Crippen LogP contribution in [-0.4, -0.2) is 25.2 Å². The molecule has 0 radical (unpaired) electrons. The van der Waals surface area contributed by atoms with Crippen LogP contribution in [0.1, 0.15) is 157 Å². The second kappa shape index (κ2) is 23.7. The molecular formula is C42H66O4. The molecule has 0 saturated heterocycles. The summed E-state index contributed by atoms with van der Waals surface area (Å²) in [5, 5.41) is 0. The second-order valence-corrected chi connectivity index (χ2v) is 14.2. The van der Waals surface area contributed by atoms with Crippen LogP contribution in [0.15, 0.2) is 69.9 Å². The monoisotopic (exact) mass is 634 g/mol. The fourth-order valence-electron chi connectivity index (χ4n) is 6.19. The van der Waals surface area contributed by atoms with E-state index in [1.807, 2.05) is 0 Å². The van der Waals surface area contributed by atoms with Crippen LogP contribution in [0.5, 0.6) is 0 Å². The lowest BCUT2D eigenvalue weighted by atomic mass is 9.87. The lowest BCUT2D eigenvalue weighted by molar-refractivity contribution is -0.150. The quantitative estimate of drug-likeness (QED) is 0.0716. The van der Waals surface area contributed by atoms with Gasteiger partial charge >= 0.3 is 11.9 Å². The molecule has 4 heteroatoms. The summed E-state index contributed by atoms with van der Waals surface area (Å²) in [5.74, 6) is -0.0472. The summed E-state index contributed by atoms with van der Waals surface area (Å²) >= 11 is 0. The van der Waals surface area contributed by atoms with Gasteiger partial charge in [0.15, 0.2) is 0 Å². The largest absolute Gasteiger partial charge is 0.465 e. The van der Waals surface area contributed by atoms with E-state index in [4.69, 9.17) is 9.47 Å². The van der Waals surface area contributed by atoms with Crippen LogP contribution in [-0.2, 0) is 19.1 Å². The predicted molar refractivity (Wildman–Crippen MR) is 195 cm³/mol. The first kappa shape index (κ1) is 39.6. The Morgan fingerprint density at radius 3 is 1.37 bits per heavy atom. The fraction of sp³-hybridized carbons (Fsp3) is 0.667. The van der Waals surface area contributed by atoms with Crippen LogP contribution in [0, 0.1) is 11.8 Å². The zero-order valence-electron chi connectivity index (χ0n) is 30.4. The van der Waals surface area contributed by atoms with E-state index in [9.17, 15) is 9.59 Å². The highest BCUT2D eigenvalue weighted by Gasteiger charge is 2.23. The number of allylic oxidation sites excluding steroid dienone is 12. The zero-order chi connectivity index (χ0) is 33.6. The first-order valence-electron chi connectivity index (χ1n) is 18.4. The number of ether oxygens (including phenoxy) is 2. The molecule has 0 fully saturated rings. The Kier molecular flexibility index (Phi) is 20.3. The van der Waals surface area contributed by atoms with Crippen molar-refractivity contribution >= 4 is 11.9 Å². The molecule has 2 atom stereocenters. The highest BCUT2D eigenvalue weighted by molar-refractivity contribution is 5.73. The molecule has 0 aromatic rings. The van der Waals surface area contributed by atoms with E-state index in [0.717, 1.165) is 116 Å². The molecule has 0 N–H and O–H groups in total. The minimum atomic E-state index is -0.0364. The number of esters is 2. The van der Waals surface area contributed by atoms with E-state index in [1.165, 1.54) is 33.4 Å². The van der Waals surface area contributed by atoms with Crippen molar-refractivity contribution in [2.75, 3.05) is 13.2 Å². The molecule has 2 unspecified atom stereocenters. The summed E-state index contributed by atoms with van der Waals surface area (Å²) < 4.78 is 11.2. The number of carbonyl (C=O) groups excluding carboxylic acids is 2. The molecule has 0 spiro atoms. The Bertz CT molecular complexity index is 1020. The second-order valence-electron chi connectivity index (χ2n) is 14.2. The standard InChI is InChI=1S/C42H66O4/c1-33(2)15-11-17-35(5)19-13-21-37-23-27-39(28-24-37)41(43)45-31-9-7-8-10-32-46-42(44)40-29-25-38(26-30-40)22-14-20-36(6)18-12-16-34(3)4/h15-16,19-20,23,25,39-40H,7-14,17-18,21-22,24,26-32H2,1-6H3/b35-19+,36-20+. The van der Waals surface area contributed by atoms with Crippen molar-refractivity contribution in [1.82, 2.24) is 0 Å². The molecule has 0 amide bonds. The van der Waals surface area contributed by atoms with Crippen molar-refractivity contribution in [3.8, 4) is 0 Å². The third kappa shape index (κ3) is 18.5. The number of carbonyl (C=O) groups is 2. The van der Waals surface area contributed by atoms with Gasteiger partial charge in [0.05, 0.1) is 25.0 Å². The van der Waals surface area contributed by atoms with E-state index in [2.05, 4.69) is 78.0 Å². The third-order valence-electron chi connectivity index (χ3n) is 9.30. The first-order chi connectivity index (χ1) is 22.1. The molecule has 2 aliphatic carbocycles. The summed E-state index contributed by atoms with van der Waals surface area (Å²) in [7, 11) is 0. The van der Waals surface area contributed by atoms with Gasteiger partial charge in [-0.3, -0.25) is 9.59 Å². The Balaban J connectivity index is 1.48. The van der Waals surface area contributed by atoms with Crippen molar-refractivity contribution in [1.29, 1.82) is 0 Å². The molecule has 0 saturated carbocycles. The van der Waals surface area contributed by atoms with Gasteiger partial charge in [0.2, 0.25) is 0 Å². The molecular weight excluding hydrogens is 568 g/mol. The molecule has 0 aromatic carbocycles. The van der Waals surface area contributed by atoms with Crippen LogP contribution in [0.3, 0.4) is 0 Å². The average molecular weight is 635 g/mol. The third-order valence-corrected chi connectivity index (χ3v) is 9.30. The summed E-state index contributed by atoms with van der Waals surface area (Å²) in [6.45, 7) is 14.1. The van der Waals surface area contributed by atoms with E-state index in [1.54, 1.807) is 0 Å². The van der Waals surface area contributed by atoms with E-state index >= 15 is 0 Å². The summed E-state index contributed by atoms with van der Waals surface area (Å²) in [5.41, 5.74) is 8.70. The molecule has 258 valence electrons. The van der Waals surface area contributed by atoms with Gasteiger partial charge in [0.1, 0.15) is 0 Å². The molecule has 0 bridgehead atoms. The molecule has 4 nitrogen and oxygen atoms in total. The average Bonchev–Trinajstić information content (AvgIpc) is 3.02. The van der Waals surface area contributed by atoms with Gasteiger partial charge in [-0.15, -0.1) is 0 Å². The highest BCUT2D eigenvalue weighted by Crippen LogP contribution is 2.29. The summed E-state index contributed by atoms with van der Waals surface area (Å²) in [4.78, 5) is 25.1. The summed E-state index contributed by atoms with van der Waals surface area (Å²) in [6, 6.07) is 0. The van der Waals surface area contributed by atoms with Crippen LogP contribution < -0.4 is 0 Å². The molecule has 46 heavy (non-hydrogen) atoms. The fourth-order valence-corrected chi connectivity index (χ4v) is 6.19. The molecule has 2 rings (SSSR count). The molecule has 0 aromatic heterocycles. The van der Waals surface area contributed by atoms with Crippen molar-refractivity contribution in [2.24, 2.45) is 11.8 Å². The van der Waals surface area contributed by atoms with Crippen LogP contribution in [0.25, 0.3) is 0 Å². The number of hydrogen-bond donors (Lipinski definition) is 0. The number of unbranched alkanes of at least 4 members (excludes halogenated alkanes) is 3. The highest BCUT2D eigenvalue weighted by atomic mass is 16.5. The van der Waals surface area contributed by atoms with Gasteiger partial charge < -0.3 is 9.47 Å². The van der Waals surface area contributed by atoms with E-state index in [-0.39, 0.29) is 23.8 Å². The Labute approximate surface area is 282 Å². The minimum Gasteiger partial charge on any atom is -0.465 e. The van der Waals surface area contributed by atoms with Crippen LogP contribution >= 0.6 is 0 Å². The number of hydrogen-bond acceptors (Lipinski definition) is 4. The van der Waals surface area contributed by atoms with Crippen molar-refractivity contribution < 1.29 is 19.1 Å². The lowest BCUT2D eigenvalue weighted by Crippen LogP contribution is -2.20. The van der Waals surface area contributed by atoms with Gasteiger partial charge in [-0.1, -0.05) is 69.9 Å². The lowest BCUT2D eigenvalue weighted by Gasteiger charge is -2.21. The Morgan fingerprint density at radius 1 is 0.609 bits per heavy atom. The smallest absolute Gasteiger partial charge is 0.309 e. The number of rotatable bonds is 21. The predicted octanol–water partition coefficient (Wildman–Crippen LogP) is 12.0. The maximum absolute atomic E-state index is 12.5. The SMILES string of the molecule is CC(C)=CCC/C(C)=C/CCC1=CCC(C(=O)OCCCCCCOC(=O)C2CC=C(CC/C=C(\C)CCC=C(C)C)CC2)CC1. The van der Waals surface area contributed by atoms with Gasteiger partial charge in [-0.25, -0.2) is 0 Å². The normalized spacial score (nSPS) is 18.7. The van der Waals surface area contributed by atoms with Crippen molar-refractivity contribution in [3.63, 3.8) is 0 Å². The van der Waals surface area contributed by atoms with Gasteiger partial charge in [0, 0.05) is 0 Å². The first-order valence-corrected chi connectivity index (χ1v) is 18.4. The zero-order valence-corrected chi connectivity index (χ0v) is 30.4. The summed E-state index contributed by atoms with van der Waals surface area (Å²) in [6.07, 6.45) is 32.0. The van der Waals surface area contributed by atoms with E-state index in [0.29, 0.717) is 13.2 Å². The molecule has 0 heterocycles.